The SMILES string of the molecule is Cn1cnnc1CN1CC(O)CC1c1ccc(C(F)(F)F)cc1. The smallest absolute Gasteiger partial charge is 0.392 e. The van der Waals surface area contributed by atoms with E-state index in [9.17, 15) is 18.3 Å². The number of hydrogen-bond acceptors (Lipinski definition) is 4. The lowest BCUT2D eigenvalue weighted by molar-refractivity contribution is -0.137. The average Bonchev–Trinajstić information content (AvgIpc) is 3.05. The number of benzene rings is 1. The van der Waals surface area contributed by atoms with Crippen LogP contribution in [-0.4, -0.2) is 37.4 Å². The van der Waals surface area contributed by atoms with Gasteiger partial charge < -0.3 is 9.67 Å². The summed E-state index contributed by atoms with van der Waals surface area (Å²) in [5.74, 6) is 0.746. The van der Waals surface area contributed by atoms with E-state index in [-0.39, 0.29) is 6.04 Å². The van der Waals surface area contributed by atoms with Crippen LogP contribution in [-0.2, 0) is 19.8 Å². The van der Waals surface area contributed by atoms with Crippen molar-refractivity contribution in [3.8, 4) is 0 Å². The third-order valence-corrected chi connectivity index (χ3v) is 4.15. The number of rotatable bonds is 3. The largest absolute Gasteiger partial charge is 0.416 e. The summed E-state index contributed by atoms with van der Waals surface area (Å²) < 4.78 is 39.8. The Hall–Kier alpha value is -1.93. The molecule has 23 heavy (non-hydrogen) atoms. The summed E-state index contributed by atoms with van der Waals surface area (Å²) in [5, 5.41) is 17.8. The predicted octanol–water partition coefficient (Wildman–Crippen LogP) is 2.14. The first-order chi connectivity index (χ1) is 10.8. The molecule has 0 spiro atoms. The molecule has 0 aliphatic carbocycles. The van der Waals surface area contributed by atoms with E-state index in [1.54, 1.807) is 10.9 Å². The highest BCUT2D eigenvalue weighted by Gasteiger charge is 2.34. The van der Waals surface area contributed by atoms with Crippen molar-refractivity contribution in [2.45, 2.75) is 31.3 Å². The maximum absolute atomic E-state index is 12.7. The minimum atomic E-state index is -4.34. The molecule has 0 bridgehead atoms. The first kappa shape index (κ1) is 15.9. The van der Waals surface area contributed by atoms with Gasteiger partial charge >= 0.3 is 6.18 Å². The van der Waals surface area contributed by atoms with Gasteiger partial charge in [0.1, 0.15) is 12.2 Å². The maximum Gasteiger partial charge on any atom is 0.416 e. The Morgan fingerprint density at radius 2 is 1.96 bits per heavy atom. The normalized spacial score (nSPS) is 22.7. The third-order valence-electron chi connectivity index (χ3n) is 4.15. The van der Waals surface area contributed by atoms with Gasteiger partial charge in [0.25, 0.3) is 0 Å². The van der Waals surface area contributed by atoms with Crippen molar-refractivity contribution in [3.63, 3.8) is 0 Å². The molecule has 1 saturated heterocycles. The van der Waals surface area contributed by atoms with Crippen LogP contribution in [0.15, 0.2) is 30.6 Å². The van der Waals surface area contributed by atoms with E-state index < -0.39 is 17.8 Å². The summed E-state index contributed by atoms with van der Waals surface area (Å²) in [6, 6.07) is 5.00. The highest BCUT2D eigenvalue weighted by Crippen LogP contribution is 2.35. The molecule has 1 aromatic carbocycles. The molecule has 124 valence electrons. The molecule has 2 atom stereocenters. The number of aryl methyl sites for hydroxylation is 1. The quantitative estimate of drug-likeness (QED) is 0.939. The number of nitrogens with zero attached hydrogens (tertiary/aromatic N) is 4. The second kappa shape index (κ2) is 5.93. The zero-order chi connectivity index (χ0) is 16.6. The minimum absolute atomic E-state index is 0.135. The van der Waals surface area contributed by atoms with Crippen molar-refractivity contribution >= 4 is 0 Å². The molecule has 1 aliphatic rings. The van der Waals surface area contributed by atoms with E-state index in [1.165, 1.54) is 12.1 Å². The molecule has 1 aliphatic heterocycles. The molecule has 1 N–H and O–H groups in total. The van der Waals surface area contributed by atoms with Gasteiger partial charge in [0.05, 0.1) is 18.2 Å². The molecule has 2 heterocycles. The molecule has 3 rings (SSSR count). The van der Waals surface area contributed by atoms with Crippen molar-refractivity contribution < 1.29 is 18.3 Å². The van der Waals surface area contributed by atoms with E-state index in [0.717, 1.165) is 23.5 Å². The summed E-state index contributed by atoms with van der Waals surface area (Å²) >= 11 is 0. The highest BCUT2D eigenvalue weighted by atomic mass is 19.4. The molecule has 2 aromatic rings. The van der Waals surface area contributed by atoms with Crippen LogP contribution >= 0.6 is 0 Å². The van der Waals surface area contributed by atoms with E-state index >= 15 is 0 Å². The number of β-amino-alcohol motifs (C(OH)–C–C–N with tert-alkyl or cyclic N) is 1. The standard InChI is InChI=1S/C15H17F3N4O/c1-21-9-19-20-14(21)8-22-7-12(23)6-13(22)10-2-4-11(5-3-10)15(16,17)18/h2-5,9,12-13,23H,6-8H2,1H3. The third kappa shape index (κ3) is 3.37. The van der Waals surface area contributed by atoms with Gasteiger partial charge in [0.2, 0.25) is 0 Å². The van der Waals surface area contributed by atoms with Gasteiger partial charge in [-0.05, 0) is 24.1 Å². The van der Waals surface area contributed by atoms with Crippen molar-refractivity contribution in [2.24, 2.45) is 7.05 Å². The highest BCUT2D eigenvalue weighted by molar-refractivity contribution is 5.27. The molecule has 0 amide bonds. The van der Waals surface area contributed by atoms with Gasteiger partial charge in [-0.25, -0.2) is 0 Å². The van der Waals surface area contributed by atoms with Crippen LogP contribution < -0.4 is 0 Å². The van der Waals surface area contributed by atoms with Gasteiger partial charge in [-0.1, -0.05) is 12.1 Å². The number of aliphatic hydroxyl groups is 1. The van der Waals surface area contributed by atoms with Gasteiger partial charge in [-0.15, -0.1) is 10.2 Å². The van der Waals surface area contributed by atoms with Crippen LogP contribution in [0.2, 0.25) is 0 Å². The lowest BCUT2D eigenvalue weighted by Crippen LogP contribution is -2.26. The van der Waals surface area contributed by atoms with E-state index in [2.05, 4.69) is 10.2 Å². The van der Waals surface area contributed by atoms with Crippen LogP contribution in [0.4, 0.5) is 13.2 Å². The lowest BCUT2D eigenvalue weighted by Gasteiger charge is -2.24. The molecule has 1 aromatic heterocycles. The van der Waals surface area contributed by atoms with Crippen LogP contribution in [0.1, 0.15) is 29.4 Å². The number of aromatic nitrogens is 3. The van der Waals surface area contributed by atoms with Crippen LogP contribution in [0.5, 0.6) is 0 Å². The van der Waals surface area contributed by atoms with Crippen molar-refractivity contribution in [2.75, 3.05) is 6.54 Å². The van der Waals surface area contributed by atoms with Gasteiger partial charge in [0.15, 0.2) is 0 Å². The summed E-state index contributed by atoms with van der Waals surface area (Å²) in [6.07, 6.45) is -2.76. The number of aliphatic hydroxyl groups excluding tert-OH is 1. The molecule has 8 heteroatoms. The van der Waals surface area contributed by atoms with Crippen LogP contribution in [0, 0.1) is 0 Å². The molecular formula is C15H17F3N4O. The molecule has 1 fully saturated rings. The van der Waals surface area contributed by atoms with Crippen molar-refractivity contribution in [3.05, 3.63) is 47.5 Å². The Kier molecular flexibility index (Phi) is 4.11. The van der Waals surface area contributed by atoms with E-state index in [1.807, 2.05) is 11.9 Å². The zero-order valence-electron chi connectivity index (χ0n) is 12.5. The summed E-state index contributed by atoms with van der Waals surface area (Å²) in [7, 11) is 1.83. The first-order valence-corrected chi connectivity index (χ1v) is 7.26. The summed E-state index contributed by atoms with van der Waals surface area (Å²) in [4.78, 5) is 2.01. The number of hydrogen-bond donors (Lipinski definition) is 1. The Morgan fingerprint density at radius 1 is 1.26 bits per heavy atom. The Balaban J connectivity index is 1.80. The molecule has 2 unspecified atom stereocenters. The first-order valence-electron chi connectivity index (χ1n) is 7.26. The fraction of sp³-hybridized carbons (Fsp3) is 0.467. The van der Waals surface area contributed by atoms with Crippen molar-refractivity contribution in [1.82, 2.24) is 19.7 Å². The lowest BCUT2D eigenvalue weighted by atomic mass is 10.0. The van der Waals surface area contributed by atoms with Crippen LogP contribution in [0.25, 0.3) is 0 Å². The minimum Gasteiger partial charge on any atom is -0.392 e. The molecule has 0 radical (unpaired) electrons. The maximum atomic E-state index is 12.7. The summed E-state index contributed by atoms with van der Waals surface area (Å²) in [6.45, 7) is 0.942. The van der Waals surface area contributed by atoms with E-state index in [0.29, 0.717) is 19.5 Å². The monoisotopic (exact) mass is 326 g/mol. The fourth-order valence-corrected chi connectivity index (χ4v) is 2.93. The topological polar surface area (TPSA) is 54.2 Å². The molecule has 0 saturated carbocycles. The average molecular weight is 326 g/mol. The molecular weight excluding hydrogens is 309 g/mol. The van der Waals surface area contributed by atoms with E-state index in [4.69, 9.17) is 0 Å². The predicted molar refractivity (Wildman–Crippen MR) is 76.2 cm³/mol. The van der Waals surface area contributed by atoms with Crippen LogP contribution in [0.3, 0.4) is 0 Å². The number of halogens is 3. The number of likely N-dealkylation sites (tertiary alicyclic amines) is 1. The fourth-order valence-electron chi connectivity index (χ4n) is 2.93. The zero-order valence-corrected chi connectivity index (χ0v) is 12.5. The number of alkyl halides is 3. The van der Waals surface area contributed by atoms with Gasteiger partial charge in [-0.2, -0.15) is 13.2 Å². The Bertz CT molecular complexity index is 668. The van der Waals surface area contributed by atoms with Crippen molar-refractivity contribution in [1.29, 1.82) is 0 Å². The summed E-state index contributed by atoms with van der Waals surface area (Å²) in [5.41, 5.74) is 0.0939. The molecule has 5 nitrogen and oxygen atoms in total. The van der Waals surface area contributed by atoms with Gasteiger partial charge in [-0.3, -0.25) is 4.90 Å². The Labute approximate surface area is 131 Å². The second-order valence-corrected chi connectivity index (χ2v) is 5.81. The Morgan fingerprint density at radius 3 is 2.52 bits per heavy atom. The van der Waals surface area contributed by atoms with Gasteiger partial charge in [0, 0.05) is 19.6 Å². The second-order valence-electron chi connectivity index (χ2n) is 5.81.